The van der Waals surface area contributed by atoms with E-state index >= 15 is 0 Å². The number of carbonyl (C=O) groups is 3. The third-order valence-electron chi connectivity index (χ3n) is 3.97. The molecule has 1 rings (SSSR count). The molecule has 132 valence electrons. The Kier molecular flexibility index (Phi) is 5.66. The van der Waals surface area contributed by atoms with Crippen LogP contribution in [0.1, 0.15) is 54.4 Å². The maximum Gasteiger partial charge on any atom is 0.408 e. The summed E-state index contributed by atoms with van der Waals surface area (Å²) in [5.74, 6) is -1.59. The Morgan fingerprint density at radius 2 is 1.83 bits per heavy atom. The van der Waals surface area contributed by atoms with Crippen molar-refractivity contribution in [2.45, 2.75) is 71.6 Å². The average molecular weight is 328 g/mol. The van der Waals surface area contributed by atoms with Gasteiger partial charge in [-0.15, -0.1) is 0 Å². The number of amides is 2. The highest BCUT2D eigenvalue weighted by molar-refractivity contribution is 5.91. The van der Waals surface area contributed by atoms with Crippen LogP contribution in [0, 0.1) is 5.92 Å². The van der Waals surface area contributed by atoms with Crippen molar-refractivity contribution >= 4 is 18.0 Å². The number of carboxylic acids is 1. The molecule has 1 fully saturated rings. The van der Waals surface area contributed by atoms with E-state index in [1.807, 2.05) is 0 Å². The number of alkyl carbamates (subject to hydrolysis) is 1. The van der Waals surface area contributed by atoms with E-state index in [0.29, 0.717) is 19.4 Å². The zero-order chi connectivity index (χ0) is 18.0. The van der Waals surface area contributed by atoms with Gasteiger partial charge < -0.3 is 20.1 Å². The SMILES string of the molecule is CC(C)[C@H](NC(=O)OC(C)(C)C)C(=O)N1CCC[C@@]1(C)C(=O)O. The van der Waals surface area contributed by atoms with E-state index in [9.17, 15) is 19.5 Å². The van der Waals surface area contributed by atoms with E-state index in [-0.39, 0.29) is 11.8 Å². The van der Waals surface area contributed by atoms with Gasteiger partial charge >= 0.3 is 12.1 Å². The predicted molar refractivity (Wildman–Crippen MR) is 85.0 cm³/mol. The van der Waals surface area contributed by atoms with Crippen LogP contribution in [0.15, 0.2) is 0 Å². The molecule has 1 saturated heterocycles. The highest BCUT2D eigenvalue weighted by Crippen LogP contribution is 2.30. The van der Waals surface area contributed by atoms with E-state index in [4.69, 9.17) is 4.74 Å². The molecule has 0 saturated carbocycles. The molecule has 7 nitrogen and oxygen atoms in total. The molecular weight excluding hydrogens is 300 g/mol. The largest absolute Gasteiger partial charge is 0.480 e. The molecule has 0 radical (unpaired) electrons. The Morgan fingerprint density at radius 3 is 2.26 bits per heavy atom. The molecule has 0 aromatic rings. The van der Waals surface area contributed by atoms with Crippen molar-refractivity contribution in [2.75, 3.05) is 6.54 Å². The molecule has 1 heterocycles. The topological polar surface area (TPSA) is 95.9 Å². The van der Waals surface area contributed by atoms with Crippen LogP contribution in [0.2, 0.25) is 0 Å². The predicted octanol–water partition coefficient (Wildman–Crippen LogP) is 2.00. The van der Waals surface area contributed by atoms with E-state index in [1.54, 1.807) is 41.5 Å². The second kappa shape index (κ2) is 6.76. The molecular formula is C16H28N2O5. The second-order valence-corrected chi connectivity index (χ2v) is 7.54. The maximum atomic E-state index is 12.8. The first kappa shape index (κ1) is 19.3. The number of carbonyl (C=O) groups excluding carboxylic acids is 2. The van der Waals surface area contributed by atoms with Crippen LogP contribution in [0.5, 0.6) is 0 Å². The molecule has 2 atom stereocenters. The van der Waals surface area contributed by atoms with E-state index in [2.05, 4.69) is 5.32 Å². The molecule has 2 N–H and O–H groups in total. The molecule has 0 bridgehead atoms. The molecule has 0 aliphatic carbocycles. The van der Waals surface area contributed by atoms with Crippen molar-refractivity contribution in [1.29, 1.82) is 0 Å². The van der Waals surface area contributed by atoms with Crippen molar-refractivity contribution in [2.24, 2.45) is 5.92 Å². The van der Waals surface area contributed by atoms with Crippen LogP contribution in [0.4, 0.5) is 4.79 Å². The van der Waals surface area contributed by atoms with Crippen LogP contribution in [0.25, 0.3) is 0 Å². The summed E-state index contributed by atoms with van der Waals surface area (Å²) in [6, 6.07) is -0.818. The first-order valence-electron chi connectivity index (χ1n) is 7.93. The third kappa shape index (κ3) is 4.59. The summed E-state index contributed by atoms with van der Waals surface area (Å²) in [7, 11) is 0. The molecule has 0 unspecified atom stereocenters. The van der Waals surface area contributed by atoms with Gasteiger partial charge in [-0.3, -0.25) is 4.79 Å². The summed E-state index contributed by atoms with van der Waals surface area (Å²) in [6.45, 7) is 10.7. The van der Waals surface area contributed by atoms with Gasteiger partial charge in [0.05, 0.1) is 0 Å². The van der Waals surface area contributed by atoms with Gasteiger partial charge in [0.25, 0.3) is 0 Å². The monoisotopic (exact) mass is 328 g/mol. The van der Waals surface area contributed by atoms with Gasteiger partial charge in [0.1, 0.15) is 17.2 Å². The van der Waals surface area contributed by atoms with Crippen molar-refractivity contribution in [3.05, 3.63) is 0 Å². The van der Waals surface area contributed by atoms with Crippen LogP contribution in [-0.2, 0) is 14.3 Å². The lowest BCUT2D eigenvalue weighted by atomic mass is 9.96. The summed E-state index contributed by atoms with van der Waals surface area (Å²) in [5.41, 5.74) is -1.89. The molecule has 7 heteroatoms. The zero-order valence-corrected chi connectivity index (χ0v) is 14.8. The molecule has 0 aromatic heterocycles. The molecule has 0 aromatic carbocycles. The first-order chi connectivity index (χ1) is 10.4. The Bertz CT molecular complexity index is 483. The van der Waals surface area contributed by atoms with Gasteiger partial charge in [-0.2, -0.15) is 0 Å². The molecule has 2 amide bonds. The van der Waals surface area contributed by atoms with Gasteiger partial charge in [-0.25, -0.2) is 9.59 Å². The fourth-order valence-corrected chi connectivity index (χ4v) is 2.65. The van der Waals surface area contributed by atoms with Crippen molar-refractivity contribution in [3.8, 4) is 0 Å². The zero-order valence-electron chi connectivity index (χ0n) is 14.8. The van der Waals surface area contributed by atoms with Gasteiger partial charge in [0.2, 0.25) is 5.91 Å². The number of likely N-dealkylation sites (tertiary alicyclic amines) is 1. The first-order valence-corrected chi connectivity index (χ1v) is 7.93. The van der Waals surface area contributed by atoms with Crippen LogP contribution < -0.4 is 5.32 Å². The number of hydrogen-bond donors (Lipinski definition) is 2. The molecule has 1 aliphatic heterocycles. The quantitative estimate of drug-likeness (QED) is 0.823. The number of rotatable bonds is 4. The van der Waals surface area contributed by atoms with E-state index < -0.39 is 29.2 Å². The molecule has 23 heavy (non-hydrogen) atoms. The average Bonchev–Trinajstić information content (AvgIpc) is 2.76. The normalized spacial score (nSPS) is 22.8. The fraction of sp³-hybridized carbons (Fsp3) is 0.812. The fourth-order valence-electron chi connectivity index (χ4n) is 2.65. The maximum absolute atomic E-state index is 12.8. The van der Waals surface area contributed by atoms with Gasteiger partial charge in [0.15, 0.2) is 0 Å². The summed E-state index contributed by atoms with van der Waals surface area (Å²) in [6.07, 6.45) is 0.359. The molecule has 0 spiro atoms. The minimum absolute atomic E-state index is 0.186. The molecule has 1 aliphatic rings. The Labute approximate surface area is 137 Å². The van der Waals surface area contributed by atoms with Gasteiger partial charge in [-0.1, -0.05) is 13.8 Å². The second-order valence-electron chi connectivity index (χ2n) is 7.54. The lowest BCUT2D eigenvalue weighted by Gasteiger charge is -2.35. The lowest BCUT2D eigenvalue weighted by Crippen LogP contribution is -2.58. The Morgan fingerprint density at radius 1 is 1.26 bits per heavy atom. The number of nitrogens with one attached hydrogen (secondary N) is 1. The van der Waals surface area contributed by atoms with Crippen molar-refractivity contribution in [3.63, 3.8) is 0 Å². The van der Waals surface area contributed by atoms with Crippen LogP contribution in [0.3, 0.4) is 0 Å². The van der Waals surface area contributed by atoms with Crippen LogP contribution >= 0.6 is 0 Å². The number of ether oxygens (including phenoxy) is 1. The number of hydrogen-bond acceptors (Lipinski definition) is 4. The van der Waals surface area contributed by atoms with Crippen molar-refractivity contribution < 1.29 is 24.2 Å². The smallest absolute Gasteiger partial charge is 0.408 e. The number of nitrogens with zero attached hydrogens (tertiary/aromatic N) is 1. The van der Waals surface area contributed by atoms with Crippen molar-refractivity contribution in [1.82, 2.24) is 10.2 Å². The van der Waals surface area contributed by atoms with Crippen LogP contribution in [-0.4, -0.2) is 51.7 Å². The third-order valence-corrected chi connectivity index (χ3v) is 3.97. The summed E-state index contributed by atoms with van der Waals surface area (Å²) in [4.78, 5) is 37.7. The summed E-state index contributed by atoms with van der Waals surface area (Å²) in [5, 5.41) is 12.0. The van der Waals surface area contributed by atoms with Gasteiger partial charge in [0, 0.05) is 6.54 Å². The highest BCUT2D eigenvalue weighted by Gasteiger charge is 2.48. The summed E-state index contributed by atoms with van der Waals surface area (Å²) < 4.78 is 5.19. The summed E-state index contributed by atoms with van der Waals surface area (Å²) >= 11 is 0. The standard InChI is InChI=1S/C16H28N2O5/c1-10(2)11(17-14(22)23-15(3,4)5)12(19)18-9-7-8-16(18,6)13(20)21/h10-11H,7-9H2,1-6H3,(H,17,22)(H,20,21)/t11-,16-/m0/s1. The highest BCUT2D eigenvalue weighted by atomic mass is 16.6. The minimum atomic E-state index is -1.22. The minimum Gasteiger partial charge on any atom is -0.480 e. The number of aliphatic carboxylic acids is 1. The van der Waals surface area contributed by atoms with E-state index in [1.165, 1.54) is 4.90 Å². The van der Waals surface area contributed by atoms with E-state index in [0.717, 1.165) is 0 Å². The lowest BCUT2D eigenvalue weighted by molar-refractivity contribution is -0.156. The Balaban J connectivity index is 2.91. The van der Waals surface area contributed by atoms with Gasteiger partial charge in [-0.05, 0) is 46.5 Å². The number of carboxylic acid groups (broad SMARTS) is 1. The Hall–Kier alpha value is -1.79.